The van der Waals surface area contributed by atoms with Gasteiger partial charge in [0.15, 0.2) is 0 Å². The average molecular weight is 254 g/mol. The van der Waals surface area contributed by atoms with E-state index in [-0.39, 0.29) is 23.7 Å². The summed E-state index contributed by atoms with van der Waals surface area (Å²) >= 11 is 0. The van der Waals surface area contributed by atoms with Gasteiger partial charge in [-0.1, -0.05) is 0 Å². The fraction of sp³-hybridized carbons (Fsp3) is 0.182. The van der Waals surface area contributed by atoms with E-state index in [9.17, 15) is 18.8 Å². The zero-order valence-electron chi connectivity index (χ0n) is 9.49. The predicted octanol–water partition coefficient (Wildman–Crippen LogP) is 0.599. The van der Waals surface area contributed by atoms with Gasteiger partial charge < -0.3 is 15.7 Å². The first-order valence-corrected chi connectivity index (χ1v) is 4.97. The number of hydrogen-bond acceptors (Lipinski definition) is 3. The summed E-state index contributed by atoms with van der Waals surface area (Å²) in [5.41, 5.74) is -0.359. The SMILES string of the molecule is CC(=O)NCC(=O)Nc1ccc(C(=O)O)cc1F. The summed E-state index contributed by atoms with van der Waals surface area (Å²) in [6.07, 6.45) is 0. The van der Waals surface area contributed by atoms with Crippen molar-refractivity contribution >= 4 is 23.5 Å². The molecule has 0 fully saturated rings. The van der Waals surface area contributed by atoms with Crippen molar-refractivity contribution in [1.29, 1.82) is 0 Å². The fourth-order valence-corrected chi connectivity index (χ4v) is 1.15. The van der Waals surface area contributed by atoms with Gasteiger partial charge in [-0.2, -0.15) is 0 Å². The molecule has 6 nitrogen and oxygen atoms in total. The second-order valence-corrected chi connectivity index (χ2v) is 3.46. The Morgan fingerprint density at radius 2 is 2.00 bits per heavy atom. The maximum atomic E-state index is 13.4. The number of carbonyl (C=O) groups excluding carboxylic acids is 2. The van der Waals surface area contributed by atoms with E-state index in [1.807, 2.05) is 0 Å². The number of carboxylic acids is 1. The monoisotopic (exact) mass is 254 g/mol. The Morgan fingerprint density at radius 3 is 2.50 bits per heavy atom. The summed E-state index contributed by atoms with van der Waals surface area (Å²) in [5, 5.41) is 13.1. The van der Waals surface area contributed by atoms with Gasteiger partial charge in [0.05, 0.1) is 17.8 Å². The minimum Gasteiger partial charge on any atom is -0.478 e. The van der Waals surface area contributed by atoms with E-state index in [0.717, 1.165) is 12.1 Å². The Morgan fingerprint density at radius 1 is 1.33 bits per heavy atom. The first-order chi connectivity index (χ1) is 8.40. The van der Waals surface area contributed by atoms with Gasteiger partial charge in [-0.3, -0.25) is 9.59 Å². The Bertz CT molecular complexity index is 502. The molecule has 0 aromatic heterocycles. The van der Waals surface area contributed by atoms with Gasteiger partial charge in [-0.15, -0.1) is 0 Å². The summed E-state index contributed by atoms with van der Waals surface area (Å²) in [6, 6.07) is 3.11. The van der Waals surface area contributed by atoms with Crippen LogP contribution in [0.15, 0.2) is 18.2 Å². The zero-order valence-corrected chi connectivity index (χ0v) is 9.49. The number of rotatable bonds is 4. The van der Waals surface area contributed by atoms with Crippen LogP contribution in [0.2, 0.25) is 0 Å². The molecule has 7 heteroatoms. The second kappa shape index (κ2) is 5.76. The lowest BCUT2D eigenvalue weighted by Crippen LogP contribution is -2.31. The summed E-state index contributed by atoms with van der Waals surface area (Å²) in [5.74, 6) is -3.10. The van der Waals surface area contributed by atoms with Crippen molar-refractivity contribution in [2.45, 2.75) is 6.92 Å². The van der Waals surface area contributed by atoms with E-state index in [1.165, 1.54) is 13.0 Å². The summed E-state index contributed by atoms with van der Waals surface area (Å²) < 4.78 is 13.4. The van der Waals surface area contributed by atoms with Crippen molar-refractivity contribution in [1.82, 2.24) is 5.32 Å². The number of hydrogen-bond donors (Lipinski definition) is 3. The maximum absolute atomic E-state index is 13.4. The Kier molecular flexibility index (Phi) is 4.36. The Balaban J connectivity index is 2.70. The van der Waals surface area contributed by atoms with Crippen LogP contribution in [0.5, 0.6) is 0 Å². The molecule has 0 aliphatic rings. The highest BCUT2D eigenvalue weighted by Gasteiger charge is 2.10. The first kappa shape index (κ1) is 13.6. The second-order valence-electron chi connectivity index (χ2n) is 3.46. The normalized spacial score (nSPS) is 9.67. The number of benzene rings is 1. The van der Waals surface area contributed by atoms with Gasteiger partial charge in [0.1, 0.15) is 5.82 Å². The van der Waals surface area contributed by atoms with Crippen LogP contribution < -0.4 is 10.6 Å². The molecule has 1 aromatic carbocycles. The zero-order chi connectivity index (χ0) is 13.7. The average Bonchev–Trinajstić information content (AvgIpc) is 2.29. The summed E-state index contributed by atoms with van der Waals surface area (Å²) in [7, 11) is 0. The van der Waals surface area contributed by atoms with Gasteiger partial charge in [0, 0.05) is 6.92 Å². The molecular weight excluding hydrogens is 243 g/mol. The standard InChI is InChI=1S/C11H11FN2O4/c1-6(15)13-5-10(16)14-9-3-2-7(11(17)18)4-8(9)12/h2-4H,5H2,1H3,(H,13,15)(H,14,16)(H,17,18). The molecule has 0 saturated carbocycles. The molecule has 0 aliphatic heterocycles. The van der Waals surface area contributed by atoms with E-state index >= 15 is 0 Å². The van der Waals surface area contributed by atoms with Crippen LogP contribution in [0.3, 0.4) is 0 Å². The van der Waals surface area contributed by atoms with E-state index in [4.69, 9.17) is 5.11 Å². The van der Waals surface area contributed by atoms with Crippen LogP contribution in [-0.2, 0) is 9.59 Å². The molecule has 3 N–H and O–H groups in total. The van der Waals surface area contributed by atoms with Crippen LogP contribution in [0.4, 0.5) is 10.1 Å². The van der Waals surface area contributed by atoms with E-state index < -0.39 is 17.7 Å². The molecule has 0 spiro atoms. The molecule has 2 amide bonds. The quantitative estimate of drug-likeness (QED) is 0.733. The number of amides is 2. The number of nitrogens with one attached hydrogen (secondary N) is 2. The number of carbonyl (C=O) groups is 3. The van der Waals surface area contributed by atoms with Crippen LogP contribution >= 0.6 is 0 Å². The molecule has 0 radical (unpaired) electrons. The first-order valence-electron chi connectivity index (χ1n) is 4.97. The third-order valence-corrected chi connectivity index (χ3v) is 1.99. The lowest BCUT2D eigenvalue weighted by Gasteiger charge is -2.07. The van der Waals surface area contributed by atoms with Gasteiger partial charge in [-0.25, -0.2) is 9.18 Å². The van der Waals surface area contributed by atoms with Crippen molar-refractivity contribution in [2.75, 3.05) is 11.9 Å². The molecule has 0 heterocycles. The number of carboxylic acid groups (broad SMARTS) is 1. The molecule has 1 aromatic rings. The minimum atomic E-state index is -1.26. The van der Waals surface area contributed by atoms with Gasteiger partial charge in [-0.05, 0) is 18.2 Å². The highest BCUT2D eigenvalue weighted by molar-refractivity contribution is 5.95. The predicted molar refractivity (Wildman–Crippen MR) is 60.7 cm³/mol. The van der Waals surface area contributed by atoms with E-state index in [1.54, 1.807) is 0 Å². The lowest BCUT2D eigenvalue weighted by atomic mass is 10.2. The van der Waals surface area contributed by atoms with Crippen LogP contribution in [-0.4, -0.2) is 29.4 Å². The highest BCUT2D eigenvalue weighted by atomic mass is 19.1. The van der Waals surface area contributed by atoms with Gasteiger partial charge >= 0.3 is 5.97 Å². The number of anilines is 1. The Labute approximate surface area is 102 Å². The molecule has 0 unspecified atom stereocenters. The van der Waals surface area contributed by atoms with Crippen molar-refractivity contribution in [2.24, 2.45) is 0 Å². The highest BCUT2D eigenvalue weighted by Crippen LogP contribution is 2.15. The van der Waals surface area contributed by atoms with E-state index in [0.29, 0.717) is 0 Å². The van der Waals surface area contributed by atoms with Crippen molar-refractivity contribution in [3.63, 3.8) is 0 Å². The molecule has 0 atom stereocenters. The van der Waals surface area contributed by atoms with Crippen molar-refractivity contribution in [3.8, 4) is 0 Å². The smallest absolute Gasteiger partial charge is 0.335 e. The van der Waals surface area contributed by atoms with Crippen molar-refractivity contribution < 1.29 is 23.9 Å². The van der Waals surface area contributed by atoms with Crippen LogP contribution in [0.1, 0.15) is 17.3 Å². The maximum Gasteiger partial charge on any atom is 0.335 e. The molecule has 18 heavy (non-hydrogen) atoms. The molecule has 0 saturated heterocycles. The molecule has 96 valence electrons. The third kappa shape index (κ3) is 3.85. The fourth-order valence-electron chi connectivity index (χ4n) is 1.15. The van der Waals surface area contributed by atoms with E-state index in [2.05, 4.69) is 10.6 Å². The van der Waals surface area contributed by atoms with Gasteiger partial charge in [0.2, 0.25) is 11.8 Å². The minimum absolute atomic E-state index is 0.143. The molecule has 0 bridgehead atoms. The number of halogens is 1. The van der Waals surface area contributed by atoms with Crippen LogP contribution in [0, 0.1) is 5.82 Å². The molecule has 1 rings (SSSR count). The Hall–Kier alpha value is -2.44. The molecular formula is C11H11FN2O4. The largest absolute Gasteiger partial charge is 0.478 e. The topological polar surface area (TPSA) is 95.5 Å². The van der Waals surface area contributed by atoms with Crippen LogP contribution in [0.25, 0.3) is 0 Å². The van der Waals surface area contributed by atoms with Gasteiger partial charge in [0.25, 0.3) is 0 Å². The summed E-state index contributed by atoms with van der Waals surface area (Å²) in [6.45, 7) is 0.963. The molecule has 0 aliphatic carbocycles. The van der Waals surface area contributed by atoms with Crippen molar-refractivity contribution in [3.05, 3.63) is 29.6 Å². The third-order valence-electron chi connectivity index (χ3n) is 1.99. The lowest BCUT2D eigenvalue weighted by molar-refractivity contribution is -0.122. The number of aromatic carboxylic acids is 1. The summed E-state index contributed by atoms with van der Waals surface area (Å²) in [4.78, 5) is 32.4.